The first-order valence-corrected chi connectivity index (χ1v) is 14.0. The van der Waals surface area contributed by atoms with Gasteiger partial charge < -0.3 is 19.9 Å². The molecule has 2 aliphatic rings. The van der Waals surface area contributed by atoms with Gasteiger partial charge in [-0.2, -0.15) is 0 Å². The Bertz CT molecular complexity index is 1420. The van der Waals surface area contributed by atoms with Gasteiger partial charge in [0.15, 0.2) is 12.2 Å². The molecule has 0 radical (unpaired) electrons. The number of fused-ring (bicyclic) bond motifs is 1. The Labute approximate surface area is 241 Å². The lowest BCUT2D eigenvalue weighted by Crippen LogP contribution is -2.71. The molecule has 5 rings (SSSR count). The highest BCUT2D eigenvalue weighted by molar-refractivity contribution is 8.00. The van der Waals surface area contributed by atoms with Crippen molar-refractivity contribution in [1.29, 1.82) is 0 Å². The number of aliphatic hydroxyl groups is 1. The minimum absolute atomic E-state index is 0.00836. The Morgan fingerprint density at radius 1 is 0.927 bits per heavy atom. The van der Waals surface area contributed by atoms with Gasteiger partial charge in [-0.3, -0.25) is 19.3 Å². The number of aliphatic hydroxyl groups excluding tert-OH is 1. The van der Waals surface area contributed by atoms with Crippen molar-refractivity contribution in [2.75, 3.05) is 12.4 Å². The number of thioether (sulfide) groups is 1. The predicted octanol–water partition coefficient (Wildman–Crippen LogP) is 3.27. The minimum Gasteiger partial charge on any atom is -0.461 e. The predicted molar refractivity (Wildman–Crippen MR) is 151 cm³/mol. The third-order valence-corrected chi connectivity index (χ3v) is 8.12. The molecule has 210 valence electrons. The third kappa shape index (κ3) is 6.03. The van der Waals surface area contributed by atoms with Crippen LogP contribution in [0.2, 0.25) is 0 Å². The Morgan fingerprint density at radius 2 is 1.46 bits per heavy atom. The van der Waals surface area contributed by atoms with Crippen molar-refractivity contribution < 1.29 is 33.8 Å². The highest BCUT2D eigenvalue weighted by Crippen LogP contribution is 2.42. The molecule has 2 heterocycles. The summed E-state index contributed by atoms with van der Waals surface area (Å²) in [6, 6.07) is 25.9. The van der Waals surface area contributed by atoms with Crippen LogP contribution in [0.3, 0.4) is 0 Å². The summed E-state index contributed by atoms with van der Waals surface area (Å²) in [6.07, 6.45) is -2.21. The molecule has 2 aliphatic heterocycles. The van der Waals surface area contributed by atoms with Crippen molar-refractivity contribution in [3.63, 3.8) is 0 Å². The first-order chi connectivity index (χ1) is 19.8. The fourth-order valence-corrected chi connectivity index (χ4v) is 6.06. The average Bonchev–Trinajstić information content (AvgIpc) is 3.01. The van der Waals surface area contributed by atoms with Crippen molar-refractivity contribution in [3.8, 4) is 0 Å². The molecule has 1 unspecified atom stereocenters. The molecule has 41 heavy (non-hydrogen) atoms. The molecule has 10 heteroatoms. The number of carbonyl (C=O) groups excluding carboxylic acids is 4. The van der Waals surface area contributed by atoms with E-state index in [0.717, 1.165) is 11.1 Å². The number of esters is 2. The summed E-state index contributed by atoms with van der Waals surface area (Å²) in [5, 5.41) is 12.5. The van der Waals surface area contributed by atoms with Gasteiger partial charge in [-0.25, -0.2) is 4.79 Å². The van der Waals surface area contributed by atoms with E-state index in [-0.39, 0.29) is 18.1 Å². The van der Waals surface area contributed by atoms with Gasteiger partial charge in [-0.05, 0) is 16.7 Å². The zero-order chi connectivity index (χ0) is 28.9. The molecule has 0 bridgehead atoms. The number of nitrogens with one attached hydrogen (secondary N) is 1. The van der Waals surface area contributed by atoms with Crippen LogP contribution in [0.15, 0.2) is 102 Å². The summed E-state index contributed by atoms with van der Waals surface area (Å²) < 4.78 is 11.2. The second-order valence-corrected chi connectivity index (χ2v) is 10.7. The average molecular weight is 573 g/mol. The van der Waals surface area contributed by atoms with Crippen molar-refractivity contribution in [3.05, 3.63) is 119 Å². The summed E-state index contributed by atoms with van der Waals surface area (Å²) in [5.41, 5.74) is 2.29. The molecular weight excluding hydrogens is 544 g/mol. The topological polar surface area (TPSA) is 122 Å². The maximum Gasteiger partial charge on any atom is 0.356 e. The molecular formula is C31H28N2O7S. The van der Waals surface area contributed by atoms with Gasteiger partial charge in [0.1, 0.15) is 23.7 Å². The van der Waals surface area contributed by atoms with Crippen LogP contribution < -0.4 is 5.32 Å². The van der Waals surface area contributed by atoms with Crippen molar-refractivity contribution in [2.24, 2.45) is 0 Å². The van der Waals surface area contributed by atoms with Crippen LogP contribution >= 0.6 is 11.8 Å². The number of hydrogen-bond donors (Lipinski definition) is 2. The van der Waals surface area contributed by atoms with Gasteiger partial charge in [0, 0.05) is 18.2 Å². The summed E-state index contributed by atoms with van der Waals surface area (Å²) >= 11 is 1.32. The summed E-state index contributed by atoms with van der Waals surface area (Å²) in [5.74, 6) is -2.27. The first-order valence-electron chi connectivity index (χ1n) is 13.0. The van der Waals surface area contributed by atoms with Crippen LogP contribution in [-0.2, 0) is 28.7 Å². The lowest BCUT2D eigenvalue weighted by Gasteiger charge is -2.49. The molecule has 1 fully saturated rings. The van der Waals surface area contributed by atoms with E-state index < -0.39 is 47.4 Å². The molecule has 9 nitrogen and oxygen atoms in total. The Morgan fingerprint density at radius 3 is 2.00 bits per heavy atom. The number of amides is 2. The summed E-state index contributed by atoms with van der Waals surface area (Å²) in [7, 11) is 0. The molecule has 1 saturated heterocycles. The molecule has 0 saturated carbocycles. The maximum atomic E-state index is 13.8. The van der Waals surface area contributed by atoms with Gasteiger partial charge in [0.25, 0.3) is 11.8 Å². The molecule has 0 aromatic heterocycles. The minimum atomic E-state index is -1.45. The SMILES string of the molecule is CC(=O)OCC1=C(C(=O)OC(c2ccccc2)c2ccccc2)N2C(=O)[C@@H](NC(=O)C(O)c3ccccc3)[C@H]2SC1. The second-order valence-electron chi connectivity index (χ2n) is 9.55. The highest BCUT2D eigenvalue weighted by Gasteiger charge is 2.55. The van der Waals surface area contributed by atoms with E-state index in [2.05, 4.69) is 5.32 Å². The maximum absolute atomic E-state index is 13.8. The summed E-state index contributed by atoms with van der Waals surface area (Å²) in [6.45, 7) is 1.07. The van der Waals surface area contributed by atoms with Crippen LogP contribution in [0.4, 0.5) is 0 Å². The Kier molecular flexibility index (Phi) is 8.51. The van der Waals surface area contributed by atoms with Crippen LogP contribution in [0, 0.1) is 0 Å². The molecule has 2 N–H and O–H groups in total. The number of hydrogen-bond acceptors (Lipinski definition) is 8. The van der Waals surface area contributed by atoms with E-state index in [0.29, 0.717) is 11.1 Å². The van der Waals surface area contributed by atoms with E-state index >= 15 is 0 Å². The normalized spacial score (nSPS) is 18.7. The molecule has 3 aromatic carbocycles. The fourth-order valence-electron chi connectivity index (χ4n) is 4.74. The first kappa shape index (κ1) is 28.1. The Hall–Kier alpha value is -4.41. The number of nitrogens with zero attached hydrogens (tertiary/aromatic N) is 1. The van der Waals surface area contributed by atoms with Crippen molar-refractivity contribution >= 4 is 35.5 Å². The van der Waals surface area contributed by atoms with Gasteiger partial charge in [0.05, 0.1) is 0 Å². The zero-order valence-electron chi connectivity index (χ0n) is 22.1. The monoisotopic (exact) mass is 572 g/mol. The zero-order valence-corrected chi connectivity index (χ0v) is 23.0. The number of rotatable bonds is 9. The van der Waals surface area contributed by atoms with Crippen molar-refractivity contribution in [1.82, 2.24) is 10.2 Å². The van der Waals surface area contributed by atoms with E-state index in [4.69, 9.17) is 9.47 Å². The smallest absolute Gasteiger partial charge is 0.356 e. The van der Waals surface area contributed by atoms with Gasteiger partial charge in [-0.15, -0.1) is 11.8 Å². The highest BCUT2D eigenvalue weighted by atomic mass is 32.2. The number of benzene rings is 3. The number of β-lactam (4-membered cyclic amide) rings is 1. The van der Waals surface area contributed by atoms with Gasteiger partial charge in [0.2, 0.25) is 0 Å². The van der Waals surface area contributed by atoms with E-state index in [1.807, 2.05) is 60.7 Å². The number of ether oxygens (including phenoxy) is 2. The van der Waals surface area contributed by atoms with Crippen LogP contribution in [0.25, 0.3) is 0 Å². The molecule has 3 aromatic rings. The Balaban J connectivity index is 1.40. The number of carbonyl (C=O) groups is 4. The quantitative estimate of drug-likeness (QED) is 0.296. The van der Waals surface area contributed by atoms with E-state index in [9.17, 15) is 24.3 Å². The van der Waals surface area contributed by atoms with Crippen LogP contribution in [0.5, 0.6) is 0 Å². The fraction of sp³-hybridized carbons (Fsp3) is 0.226. The molecule has 2 amide bonds. The van der Waals surface area contributed by atoms with E-state index in [1.54, 1.807) is 30.3 Å². The third-order valence-electron chi connectivity index (χ3n) is 6.78. The van der Waals surface area contributed by atoms with Gasteiger partial charge in [-0.1, -0.05) is 91.0 Å². The van der Waals surface area contributed by atoms with Crippen LogP contribution in [-0.4, -0.2) is 57.5 Å². The van der Waals surface area contributed by atoms with Gasteiger partial charge >= 0.3 is 11.9 Å². The van der Waals surface area contributed by atoms with Crippen LogP contribution in [0.1, 0.15) is 35.8 Å². The lowest BCUT2D eigenvalue weighted by atomic mass is 10.0. The lowest BCUT2D eigenvalue weighted by molar-refractivity contribution is -0.155. The second kappa shape index (κ2) is 12.4. The molecule has 3 atom stereocenters. The standard InChI is InChI=1S/C31H28N2O7S/c1-19(34)39-17-23-18-41-30-24(32-28(36)26(35)20-11-5-2-6-12-20)29(37)33(30)25(23)31(38)40-27(21-13-7-3-8-14-21)22-15-9-4-10-16-22/h2-16,24,26-27,30,35H,17-18H2,1H3,(H,32,36)/t24-,26?,30-/m1/s1. The molecule has 0 spiro atoms. The molecule has 0 aliphatic carbocycles. The van der Waals surface area contributed by atoms with E-state index in [1.165, 1.54) is 23.6 Å². The largest absolute Gasteiger partial charge is 0.461 e. The van der Waals surface area contributed by atoms with Crippen molar-refractivity contribution in [2.45, 2.75) is 30.5 Å². The summed E-state index contributed by atoms with van der Waals surface area (Å²) in [4.78, 5) is 52.8.